The highest BCUT2D eigenvalue weighted by Gasteiger charge is 2.35. The second-order valence-electron chi connectivity index (χ2n) is 7.73. The molecule has 0 atom stereocenters. The third-order valence-corrected chi connectivity index (χ3v) is 4.47. The Kier molecular flexibility index (Phi) is 8.68. The molecule has 0 bridgehead atoms. The van der Waals surface area contributed by atoms with Gasteiger partial charge in [-0.3, -0.25) is 4.79 Å². The van der Waals surface area contributed by atoms with Crippen molar-refractivity contribution in [2.24, 2.45) is 5.10 Å². The summed E-state index contributed by atoms with van der Waals surface area (Å²) in [5, 5.41) is 9.15. The Morgan fingerprint density at radius 2 is 1.83 bits per heavy atom. The van der Waals surface area contributed by atoms with Crippen molar-refractivity contribution in [1.82, 2.24) is 14.9 Å². The molecule has 2 aromatic carbocycles. The first-order valence-corrected chi connectivity index (χ1v) is 10.6. The molecule has 8 nitrogen and oxygen atoms in total. The molecule has 1 amide bonds. The van der Waals surface area contributed by atoms with Gasteiger partial charge in [0.2, 0.25) is 11.9 Å². The van der Waals surface area contributed by atoms with Crippen LogP contribution >= 0.6 is 0 Å². The number of aromatic nitrogens is 2. The monoisotopic (exact) mass is 501 g/mol. The summed E-state index contributed by atoms with van der Waals surface area (Å²) in [5.41, 5.74) is 2.57. The molecular formula is C24H23F4N7O. The zero-order chi connectivity index (χ0) is 26.1. The van der Waals surface area contributed by atoms with Crippen LogP contribution in [0.25, 0.3) is 0 Å². The van der Waals surface area contributed by atoms with Gasteiger partial charge in [-0.15, -0.1) is 0 Å². The van der Waals surface area contributed by atoms with Crippen LogP contribution in [0, 0.1) is 5.82 Å². The van der Waals surface area contributed by atoms with E-state index in [1.54, 1.807) is 18.2 Å². The molecule has 0 aliphatic rings. The third-order valence-electron chi connectivity index (χ3n) is 4.47. The second-order valence-corrected chi connectivity index (χ2v) is 7.73. The van der Waals surface area contributed by atoms with Crippen LogP contribution in [0.15, 0.2) is 72.0 Å². The lowest BCUT2D eigenvalue weighted by molar-refractivity contribution is -0.137. The molecule has 0 radical (unpaired) electrons. The molecule has 3 aromatic rings. The number of anilines is 4. The molecule has 3 rings (SSSR count). The summed E-state index contributed by atoms with van der Waals surface area (Å²) in [7, 11) is 3.72. The van der Waals surface area contributed by atoms with Crippen molar-refractivity contribution >= 4 is 35.3 Å². The van der Waals surface area contributed by atoms with Crippen molar-refractivity contribution in [3.05, 3.63) is 83.8 Å². The number of amides is 1. The number of hydrogen-bond donors (Lipinski definition) is 3. The summed E-state index contributed by atoms with van der Waals surface area (Å²) in [4.78, 5) is 21.5. The van der Waals surface area contributed by atoms with E-state index in [1.165, 1.54) is 48.7 Å². The van der Waals surface area contributed by atoms with E-state index in [4.69, 9.17) is 0 Å². The number of nitrogens with one attached hydrogen (secondary N) is 3. The number of benzene rings is 2. The average Bonchev–Trinajstić information content (AvgIpc) is 2.80. The van der Waals surface area contributed by atoms with Crippen LogP contribution < -0.4 is 16.1 Å². The van der Waals surface area contributed by atoms with Gasteiger partial charge < -0.3 is 15.5 Å². The standard InChI is InChI=1S/C24H23F4N7O/c1-35(2)12-4-7-21(36)31-18-5-3-6-19(13-18)32-22-20(24(26,27)28)15-29-23(33-22)34-30-14-16-8-10-17(25)11-9-16/h3-11,13-15H,12H2,1-2H3,(H,31,36)(H2,29,32,33,34)/b7-4+,30-14+. The Balaban J connectivity index is 1.76. The second kappa shape index (κ2) is 11.9. The number of likely N-dealkylation sites (N-methyl/N-ethyl adjacent to an activating group) is 1. The Labute approximate surface area is 204 Å². The molecule has 188 valence electrons. The van der Waals surface area contributed by atoms with E-state index >= 15 is 0 Å². The predicted molar refractivity (Wildman–Crippen MR) is 131 cm³/mol. The molecule has 12 heteroatoms. The van der Waals surface area contributed by atoms with Gasteiger partial charge in [0.25, 0.3) is 0 Å². The molecule has 1 aromatic heterocycles. The normalized spacial score (nSPS) is 11.9. The summed E-state index contributed by atoms with van der Waals surface area (Å²) in [6.45, 7) is 0.577. The fourth-order valence-electron chi connectivity index (χ4n) is 2.82. The molecule has 3 N–H and O–H groups in total. The topological polar surface area (TPSA) is 94.5 Å². The maximum absolute atomic E-state index is 13.5. The number of hydrogen-bond acceptors (Lipinski definition) is 7. The van der Waals surface area contributed by atoms with E-state index in [0.717, 1.165) is 0 Å². The number of nitrogens with zero attached hydrogens (tertiary/aromatic N) is 4. The number of halogens is 4. The quantitative estimate of drug-likeness (QED) is 0.168. The van der Waals surface area contributed by atoms with Crippen molar-refractivity contribution in [3.63, 3.8) is 0 Å². The molecule has 36 heavy (non-hydrogen) atoms. The highest BCUT2D eigenvalue weighted by molar-refractivity contribution is 5.99. The predicted octanol–water partition coefficient (Wildman–Crippen LogP) is 4.88. The van der Waals surface area contributed by atoms with Crippen LogP contribution in [0.1, 0.15) is 11.1 Å². The molecular weight excluding hydrogens is 478 g/mol. The van der Waals surface area contributed by atoms with Crippen LogP contribution in [-0.4, -0.2) is 47.6 Å². The van der Waals surface area contributed by atoms with E-state index < -0.39 is 23.4 Å². The molecule has 0 unspecified atom stereocenters. The highest BCUT2D eigenvalue weighted by atomic mass is 19.4. The summed E-state index contributed by atoms with van der Waals surface area (Å²) >= 11 is 0. The Hall–Kier alpha value is -4.32. The minimum Gasteiger partial charge on any atom is -0.339 e. The number of carbonyl (C=O) groups is 1. The van der Waals surface area contributed by atoms with Crippen LogP contribution in [0.3, 0.4) is 0 Å². The van der Waals surface area contributed by atoms with Gasteiger partial charge in [0.15, 0.2) is 0 Å². The van der Waals surface area contributed by atoms with Crippen LogP contribution in [-0.2, 0) is 11.0 Å². The molecule has 0 spiro atoms. The van der Waals surface area contributed by atoms with E-state index in [-0.39, 0.29) is 17.5 Å². The number of carbonyl (C=O) groups excluding carboxylic acids is 1. The Morgan fingerprint density at radius 3 is 2.53 bits per heavy atom. The Morgan fingerprint density at radius 1 is 1.11 bits per heavy atom. The maximum atomic E-state index is 13.5. The zero-order valence-corrected chi connectivity index (χ0v) is 19.3. The summed E-state index contributed by atoms with van der Waals surface area (Å²) in [6, 6.07) is 11.6. The maximum Gasteiger partial charge on any atom is 0.421 e. The van der Waals surface area contributed by atoms with E-state index in [1.807, 2.05) is 19.0 Å². The van der Waals surface area contributed by atoms with Crippen LogP contribution in [0.5, 0.6) is 0 Å². The van der Waals surface area contributed by atoms with Gasteiger partial charge >= 0.3 is 6.18 Å². The first-order valence-electron chi connectivity index (χ1n) is 10.6. The Bertz CT molecular complexity index is 1240. The van der Waals surface area contributed by atoms with Gasteiger partial charge in [-0.05, 0) is 50.0 Å². The van der Waals surface area contributed by atoms with Gasteiger partial charge in [0.1, 0.15) is 17.2 Å². The lowest BCUT2D eigenvalue weighted by Gasteiger charge is -2.14. The van der Waals surface area contributed by atoms with E-state index in [9.17, 15) is 22.4 Å². The molecule has 0 saturated heterocycles. The van der Waals surface area contributed by atoms with Gasteiger partial charge in [-0.1, -0.05) is 24.3 Å². The van der Waals surface area contributed by atoms with Gasteiger partial charge in [-0.2, -0.15) is 23.3 Å². The van der Waals surface area contributed by atoms with Crippen molar-refractivity contribution in [2.75, 3.05) is 36.7 Å². The van der Waals surface area contributed by atoms with E-state index in [2.05, 4.69) is 31.1 Å². The molecule has 0 aliphatic heterocycles. The largest absolute Gasteiger partial charge is 0.421 e. The van der Waals surface area contributed by atoms with Gasteiger partial charge in [0, 0.05) is 30.2 Å². The number of hydrazone groups is 1. The first kappa shape index (κ1) is 26.3. The fraction of sp³-hybridized carbons (Fsp3) is 0.167. The highest BCUT2D eigenvalue weighted by Crippen LogP contribution is 2.35. The molecule has 1 heterocycles. The van der Waals surface area contributed by atoms with Crippen molar-refractivity contribution in [1.29, 1.82) is 0 Å². The van der Waals surface area contributed by atoms with Gasteiger partial charge in [0.05, 0.1) is 6.21 Å². The number of rotatable bonds is 9. The summed E-state index contributed by atoms with van der Waals surface area (Å²) in [6.07, 6.45) is 0.304. The molecule has 0 fully saturated rings. The minimum atomic E-state index is -4.72. The van der Waals surface area contributed by atoms with Crippen LogP contribution in [0.2, 0.25) is 0 Å². The van der Waals surface area contributed by atoms with Crippen molar-refractivity contribution < 1.29 is 22.4 Å². The fourth-order valence-corrected chi connectivity index (χ4v) is 2.82. The first-order chi connectivity index (χ1) is 17.1. The average molecular weight is 501 g/mol. The van der Waals surface area contributed by atoms with Crippen LogP contribution in [0.4, 0.5) is 40.7 Å². The number of alkyl halides is 3. The summed E-state index contributed by atoms with van der Waals surface area (Å²) in [5.74, 6) is -1.49. The lowest BCUT2D eigenvalue weighted by Crippen LogP contribution is -2.13. The van der Waals surface area contributed by atoms with E-state index in [0.29, 0.717) is 24.0 Å². The minimum absolute atomic E-state index is 0.195. The van der Waals surface area contributed by atoms with Crippen molar-refractivity contribution in [2.45, 2.75) is 6.18 Å². The zero-order valence-electron chi connectivity index (χ0n) is 19.3. The SMILES string of the molecule is CN(C)C/C=C/C(=O)Nc1cccc(Nc2nc(N/N=C/c3ccc(F)cc3)ncc2C(F)(F)F)c1. The lowest BCUT2D eigenvalue weighted by atomic mass is 10.2. The molecule has 0 saturated carbocycles. The smallest absolute Gasteiger partial charge is 0.339 e. The third kappa shape index (κ3) is 8.17. The molecule has 0 aliphatic carbocycles. The van der Waals surface area contributed by atoms with Crippen molar-refractivity contribution in [3.8, 4) is 0 Å². The summed E-state index contributed by atoms with van der Waals surface area (Å²) < 4.78 is 53.6. The van der Waals surface area contributed by atoms with Gasteiger partial charge in [-0.25, -0.2) is 14.8 Å².